The van der Waals surface area contributed by atoms with Gasteiger partial charge in [-0.15, -0.1) is 0 Å². The van der Waals surface area contributed by atoms with E-state index in [-0.39, 0.29) is 0 Å². The van der Waals surface area contributed by atoms with Gasteiger partial charge in [-0.3, -0.25) is 0 Å². The van der Waals surface area contributed by atoms with Crippen LogP contribution in [0.2, 0.25) is 0 Å². The number of carbonyl (C=O) groups is 1. The lowest BCUT2D eigenvalue weighted by Gasteiger charge is -2.00. The molecule has 64 valence electrons. The minimum absolute atomic E-state index is 0.354. The molecule has 0 aliphatic heterocycles. The molecule has 0 bridgehead atoms. The number of halogens is 1. The summed E-state index contributed by atoms with van der Waals surface area (Å²) in [7, 11) is 1.34. The van der Waals surface area contributed by atoms with Gasteiger partial charge in [0, 0.05) is 9.77 Å². The van der Waals surface area contributed by atoms with Gasteiger partial charge in [-0.05, 0) is 41.1 Å². The maximum atomic E-state index is 11.0. The van der Waals surface area contributed by atoms with Crippen molar-refractivity contribution in [1.29, 1.82) is 0 Å². The topological polar surface area (TPSA) is 39.2 Å². The summed E-state index contributed by atoms with van der Waals surface area (Å²) in [5, 5.41) is 0. The molecule has 4 heteroatoms. The quantitative estimate of drug-likeness (QED) is 0.580. The molecule has 1 rings (SSSR count). The van der Waals surface area contributed by atoms with Crippen molar-refractivity contribution in [2.45, 2.75) is 6.92 Å². The van der Waals surface area contributed by atoms with E-state index in [1.165, 1.54) is 7.11 Å². The van der Waals surface area contributed by atoms with E-state index in [9.17, 15) is 4.79 Å². The van der Waals surface area contributed by atoms with Crippen molar-refractivity contribution < 1.29 is 9.53 Å². The number of methoxy groups -OCH3 is 1. The van der Waals surface area contributed by atoms with Crippen LogP contribution >= 0.6 is 22.6 Å². The van der Waals surface area contributed by atoms with Crippen LogP contribution in [0, 0.1) is 10.5 Å². The zero-order valence-corrected chi connectivity index (χ0v) is 8.95. The highest BCUT2D eigenvalue weighted by atomic mass is 127. The normalized spacial score (nSPS) is 9.58. The summed E-state index contributed by atoms with van der Waals surface area (Å²) < 4.78 is 5.54. The Morgan fingerprint density at radius 1 is 1.67 bits per heavy atom. The maximum Gasteiger partial charge on any atom is 0.356 e. The summed E-state index contributed by atoms with van der Waals surface area (Å²) in [6.07, 6.45) is 1.66. The van der Waals surface area contributed by atoms with E-state index in [0.717, 1.165) is 9.13 Å². The van der Waals surface area contributed by atoms with Gasteiger partial charge in [-0.2, -0.15) is 0 Å². The number of pyridine rings is 1. The lowest BCUT2D eigenvalue weighted by atomic mass is 10.3. The summed E-state index contributed by atoms with van der Waals surface area (Å²) in [6.45, 7) is 1.94. The van der Waals surface area contributed by atoms with Crippen molar-refractivity contribution in [1.82, 2.24) is 4.98 Å². The van der Waals surface area contributed by atoms with Gasteiger partial charge in [0.15, 0.2) is 0 Å². The zero-order valence-electron chi connectivity index (χ0n) is 6.80. The first-order chi connectivity index (χ1) is 5.65. The van der Waals surface area contributed by atoms with Gasteiger partial charge in [0.2, 0.25) is 0 Å². The molecule has 0 aliphatic rings. The van der Waals surface area contributed by atoms with Crippen LogP contribution in [0.4, 0.5) is 0 Å². The molecule has 0 fully saturated rings. The first kappa shape index (κ1) is 9.44. The van der Waals surface area contributed by atoms with Crippen molar-refractivity contribution >= 4 is 28.6 Å². The van der Waals surface area contributed by atoms with Gasteiger partial charge in [0.1, 0.15) is 5.69 Å². The minimum Gasteiger partial charge on any atom is -0.464 e. The van der Waals surface area contributed by atoms with Crippen LogP contribution in [0.25, 0.3) is 0 Å². The Morgan fingerprint density at radius 3 is 2.83 bits per heavy atom. The van der Waals surface area contributed by atoms with Gasteiger partial charge < -0.3 is 4.74 Å². The first-order valence-electron chi connectivity index (χ1n) is 3.35. The average molecular weight is 277 g/mol. The highest BCUT2D eigenvalue weighted by molar-refractivity contribution is 14.1. The molecule has 0 aromatic carbocycles. The Morgan fingerprint density at radius 2 is 2.33 bits per heavy atom. The van der Waals surface area contributed by atoms with E-state index in [1.807, 2.05) is 6.92 Å². The van der Waals surface area contributed by atoms with Crippen LogP contribution in [0.15, 0.2) is 12.3 Å². The highest BCUT2D eigenvalue weighted by Crippen LogP contribution is 2.11. The molecule has 0 radical (unpaired) electrons. The number of hydrogen-bond acceptors (Lipinski definition) is 3. The van der Waals surface area contributed by atoms with Crippen LogP contribution in [-0.2, 0) is 4.74 Å². The van der Waals surface area contributed by atoms with Gasteiger partial charge >= 0.3 is 5.97 Å². The average Bonchev–Trinajstić information content (AvgIpc) is 2.08. The molecule has 1 heterocycles. The van der Waals surface area contributed by atoms with E-state index in [4.69, 9.17) is 0 Å². The fourth-order valence-corrected chi connectivity index (χ4v) is 1.15. The van der Waals surface area contributed by atoms with Crippen molar-refractivity contribution in [3.05, 3.63) is 27.1 Å². The summed E-state index contributed by atoms with van der Waals surface area (Å²) in [6, 6.07) is 1.71. The molecule has 0 atom stereocenters. The van der Waals surface area contributed by atoms with E-state index >= 15 is 0 Å². The van der Waals surface area contributed by atoms with Gasteiger partial charge in [0.25, 0.3) is 0 Å². The van der Waals surface area contributed by atoms with Crippen LogP contribution < -0.4 is 0 Å². The Bertz CT molecular complexity index is 312. The smallest absolute Gasteiger partial charge is 0.356 e. The summed E-state index contributed by atoms with van der Waals surface area (Å²) in [4.78, 5) is 14.9. The van der Waals surface area contributed by atoms with Crippen molar-refractivity contribution in [2.75, 3.05) is 7.11 Å². The molecule has 1 aromatic rings. The number of esters is 1. The van der Waals surface area contributed by atoms with E-state index < -0.39 is 5.97 Å². The molecule has 0 unspecified atom stereocenters. The SMILES string of the molecule is COC(=O)c1cc(I)c(C)cn1. The number of ether oxygens (including phenoxy) is 1. The molecular formula is C8H8INO2. The Hall–Kier alpha value is -0.650. The first-order valence-corrected chi connectivity index (χ1v) is 4.43. The number of rotatable bonds is 1. The maximum absolute atomic E-state index is 11.0. The molecular weight excluding hydrogens is 269 g/mol. The Balaban J connectivity index is 3.05. The predicted octanol–water partition coefficient (Wildman–Crippen LogP) is 1.78. The third-order valence-electron chi connectivity index (χ3n) is 1.43. The zero-order chi connectivity index (χ0) is 9.14. The number of nitrogens with zero attached hydrogens (tertiary/aromatic N) is 1. The standard InChI is InChI=1S/C8H8INO2/c1-5-4-10-7(3-6(5)9)8(11)12-2/h3-4H,1-2H3. The summed E-state index contributed by atoms with van der Waals surface area (Å²) in [5.41, 5.74) is 1.41. The van der Waals surface area contributed by atoms with E-state index in [2.05, 4.69) is 32.3 Å². The predicted molar refractivity (Wildman–Crippen MR) is 53.0 cm³/mol. The van der Waals surface area contributed by atoms with Crippen molar-refractivity contribution in [2.24, 2.45) is 0 Å². The second-order valence-electron chi connectivity index (χ2n) is 2.31. The number of aromatic nitrogens is 1. The molecule has 3 nitrogen and oxygen atoms in total. The molecule has 0 amide bonds. The monoisotopic (exact) mass is 277 g/mol. The van der Waals surface area contributed by atoms with Crippen molar-refractivity contribution in [3.63, 3.8) is 0 Å². The second kappa shape index (κ2) is 3.84. The van der Waals surface area contributed by atoms with Gasteiger partial charge in [0.05, 0.1) is 7.11 Å². The number of carbonyl (C=O) groups excluding carboxylic acids is 1. The second-order valence-corrected chi connectivity index (χ2v) is 3.47. The Labute approximate surface area is 84.3 Å². The molecule has 0 saturated heterocycles. The lowest BCUT2D eigenvalue weighted by Crippen LogP contribution is -2.04. The Kier molecular flexibility index (Phi) is 3.02. The lowest BCUT2D eigenvalue weighted by molar-refractivity contribution is 0.0594. The minimum atomic E-state index is -0.395. The third-order valence-corrected chi connectivity index (χ3v) is 2.59. The molecule has 12 heavy (non-hydrogen) atoms. The van der Waals surface area contributed by atoms with Crippen LogP contribution in [0.3, 0.4) is 0 Å². The van der Waals surface area contributed by atoms with Gasteiger partial charge in [-0.1, -0.05) is 0 Å². The number of aryl methyl sites for hydroxylation is 1. The highest BCUT2D eigenvalue weighted by Gasteiger charge is 2.07. The third kappa shape index (κ3) is 1.94. The van der Waals surface area contributed by atoms with E-state index in [0.29, 0.717) is 5.69 Å². The molecule has 1 aromatic heterocycles. The fourth-order valence-electron chi connectivity index (χ4n) is 0.715. The summed E-state index contributed by atoms with van der Waals surface area (Å²) >= 11 is 2.15. The largest absolute Gasteiger partial charge is 0.464 e. The van der Waals surface area contributed by atoms with E-state index in [1.54, 1.807) is 12.3 Å². The van der Waals surface area contributed by atoms with Crippen LogP contribution in [-0.4, -0.2) is 18.1 Å². The van der Waals surface area contributed by atoms with Gasteiger partial charge in [-0.25, -0.2) is 9.78 Å². The van der Waals surface area contributed by atoms with Crippen molar-refractivity contribution in [3.8, 4) is 0 Å². The number of hydrogen-bond donors (Lipinski definition) is 0. The summed E-state index contributed by atoms with van der Waals surface area (Å²) in [5.74, 6) is -0.395. The molecule has 0 N–H and O–H groups in total. The molecule has 0 saturated carbocycles. The van der Waals surface area contributed by atoms with Crippen LogP contribution in [0.1, 0.15) is 16.1 Å². The molecule has 0 spiro atoms. The fraction of sp³-hybridized carbons (Fsp3) is 0.250. The van der Waals surface area contributed by atoms with Crippen LogP contribution in [0.5, 0.6) is 0 Å². The molecule has 0 aliphatic carbocycles.